The van der Waals surface area contributed by atoms with E-state index in [2.05, 4.69) is 64.5 Å². The second kappa shape index (κ2) is 7.36. The Hall–Kier alpha value is 0.143. The summed E-state index contributed by atoms with van der Waals surface area (Å²) in [6.45, 7) is 0. The summed E-state index contributed by atoms with van der Waals surface area (Å²) in [5.41, 5.74) is 1.19. The Labute approximate surface area is 161 Å². The second-order valence-electron chi connectivity index (χ2n) is 4.99. The van der Waals surface area contributed by atoms with Crippen LogP contribution in [0.2, 0.25) is 0 Å². The molecule has 0 amide bonds. The predicted octanol–water partition coefficient (Wildman–Crippen LogP) is -3.53. The normalized spacial score (nSPS) is 19.5. The quantitative estimate of drug-likeness (QED) is 0.396. The van der Waals surface area contributed by atoms with Crippen LogP contribution in [0.25, 0.3) is 11.8 Å². The van der Waals surface area contributed by atoms with Crippen LogP contribution in [0.1, 0.15) is 6.42 Å². The van der Waals surface area contributed by atoms with E-state index >= 15 is 0 Å². The Balaban J connectivity index is 0.000000882. The van der Waals surface area contributed by atoms with Crippen molar-refractivity contribution in [1.82, 2.24) is 0 Å². The van der Waals surface area contributed by atoms with Crippen LogP contribution < -0.4 is 38.5 Å². The van der Waals surface area contributed by atoms with Crippen LogP contribution in [0, 0.1) is 0 Å². The number of allylic oxidation sites excluding steroid dienone is 4. The summed E-state index contributed by atoms with van der Waals surface area (Å²) in [6, 6.07) is 6.51. The van der Waals surface area contributed by atoms with E-state index in [9.17, 15) is 0 Å². The van der Waals surface area contributed by atoms with Crippen molar-refractivity contribution < 1.29 is 49.3 Å². The standard InChI is InChI=1S/C11H6BrO.C5H5.2ClH.S.Zr/c12-10-6-8-5-7-3-1-2-4-9(7)11(8)13-10;1-2-4-5-3-1;;;;/h1-3,5-6,10H;1-3H,4H2;2*1H;;/q;;;;;+2/p-2. The number of halogens is 3. The fourth-order valence-corrected chi connectivity index (χ4v) is 9.22. The molecule has 0 aromatic heterocycles. The van der Waals surface area contributed by atoms with Crippen molar-refractivity contribution in [3.8, 4) is 0 Å². The fourth-order valence-electron chi connectivity index (χ4n) is 2.84. The van der Waals surface area contributed by atoms with Crippen LogP contribution in [-0.4, -0.2) is 5.01 Å². The van der Waals surface area contributed by atoms with E-state index in [-0.39, 0.29) is 29.8 Å². The van der Waals surface area contributed by atoms with Gasteiger partial charge in [0.05, 0.1) is 0 Å². The van der Waals surface area contributed by atoms with Gasteiger partial charge >= 0.3 is 138 Å². The van der Waals surface area contributed by atoms with Crippen LogP contribution in [0.4, 0.5) is 0 Å². The van der Waals surface area contributed by atoms with Crippen LogP contribution in [0.15, 0.2) is 51.4 Å². The molecule has 2 aliphatic carbocycles. The van der Waals surface area contributed by atoms with E-state index in [0.29, 0.717) is 0 Å². The third-order valence-electron chi connectivity index (χ3n) is 3.75. The summed E-state index contributed by atoms with van der Waals surface area (Å²) in [5, 5.41) is 2.52. The van der Waals surface area contributed by atoms with Gasteiger partial charge < -0.3 is 24.8 Å². The molecule has 0 saturated heterocycles. The van der Waals surface area contributed by atoms with Gasteiger partial charge in [-0.25, -0.2) is 0 Å². The summed E-state index contributed by atoms with van der Waals surface area (Å²) in [4.78, 5) is 0. The third kappa shape index (κ3) is 3.06. The molecule has 1 unspecified atom stereocenters. The molecule has 0 N–H and O–H groups in total. The Bertz CT molecular complexity index is 857. The van der Waals surface area contributed by atoms with Crippen molar-refractivity contribution in [2.75, 3.05) is 0 Å². The molecule has 3 aliphatic rings. The predicted molar refractivity (Wildman–Crippen MR) is 84.5 cm³/mol. The second-order valence-corrected chi connectivity index (χ2v) is 12.8. The maximum atomic E-state index is 5.97. The zero-order valence-corrected chi connectivity index (χ0v) is 17.7. The number of fused-ring (bicyclic) bond motifs is 2. The van der Waals surface area contributed by atoms with Crippen LogP contribution >= 0.6 is 24.8 Å². The number of rotatable bonds is 2. The van der Waals surface area contributed by atoms with Crippen LogP contribution in [0.3, 0.4) is 0 Å². The van der Waals surface area contributed by atoms with Crippen molar-refractivity contribution in [2.24, 2.45) is 0 Å². The monoisotopic (exact) mass is 490 g/mol. The molecular formula is C16H11BrCl2OSZr. The summed E-state index contributed by atoms with van der Waals surface area (Å²) in [6.07, 6.45) is 11.9. The summed E-state index contributed by atoms with van der Waals surface area (Å²) in [7, 11) is 5.97. The van der Waals surface area contributed by atoms with E-state index in [0.717, 1.165) is 12.2 Å². The minimum absolute atomic E-state index is 0. The molecule has 1 atom stereocenters. The van der Waals surface area contributed by atoms with E-state index in [1.807, 2.05) is 0 Å². The van der Waals surface area contributed by atoms with Gasteiger partial charge in [0.1, 0.15) is 0 Å². The summed E-state index contributed by atoms with van der Waals surface area (Å²) < 4.78 is 8.79. The summed E-state index contributed by atoms with van der Waals surface area (Å²) >= 11 is 1.36. The van der Waals surface area contributed by atoms with E-state index in [1.165, 1.54) is 22.6 Å². The molecule has 112 valence electrons. The van der Waals surface area contributed by atoms with Crippen LogP contribution in [0.5, 0.6) is 0 Å². The van der Waals surface area contributed by atoms with Gasteiger partial charge in [0.2, 0.25) is 0 Å². The topological polar surface area (TPSA) is 9.23 Å². The van der Waals surface area contributed by atoms with Crippen molar-refractivity contribution in [3.05, 3.63) is 61.8 Å². The molecule has 0 saturated carbocycles. The molecule has 22 heavy (non-hydrogen) atoms. The van der Waals surface area contributed by atoms with Crippen molar-refractivity contribution >= 4 is 39.9 Å². The van der Waals surface area contributed by atoms with E-state index in [4.69, 9.17) is 13.6 Å². The fraction of sp³-hybridized carbons (Fsp3) is 0.125. The van der Waals surface area contributed by atoms with Gasteiger partial charge in [-0.15, -0.1) is 0 Å². The van der Waals surface area contributed by atoms with Crippen molar-refractivity contribution in [3.63, 3.8) is 0 Å². The van der Waals surface area contributed by atoms with Gasteiger partial charge in [0.25, 0.3) is 0 Å². The van der Waals surface area contributed by atoms with E-state index < -0.39 is 19.7 Å². The first-order chi connectivity index (χ1) is 9.74. The van der Waals surface area contributed by atoms with Crippen molar-refractivity contribution in [2.45, 2.75) is 11.4 Å². The average molecular weight is 493 g/mol. The minimum atomic E-state index is -2.15. The molecular weight excluding hydrogens is 482 g/mol. The van der Waals surface area contributed by atoms with E-state index in [1.54, 1.807) is 0 Å². The first-order valence-corrected chi connectivity index (χ1v) is 13.3. The first-order valence-electron chi connectivity index (χ1n) is 6.52. The Morgan fingerprint density at radius 2 is 2.09 bits per heavy atom. The van der Waals surface area contributed by atoms with Gasteiger partial charge in [-0.3, -0.25) is 0 Å². The third-order valence-corrected chi connectivity index (χ3v) is 11.6. The molecule has 1 aromatic carbocycles. The SMILES string of the molecule is [Cl-].[Cl-].[S]=[Zr+2]([C]1=CC=CC1)[c]1cccc2c1=C1OC(Br)C=C1C=2. The zero-order chi connectivity index (χ0) is 13.7. The van der Waals surface area contributed by atoms with Crippen LogP contribution in [-0.2, 0) is 24.4 Å². The number of hydrogen-bond donors (Lipinski definition) is 0. The molecule has 1 aliphatic heterocycles. The number of hydrogen-bond acceptors (Lipinski definition) is 2. The van der Waals surface area contributed by atoms with Gasteiger partial charge in [0, 0.05) is 0 Å². The average Bonchev–Trinajstić information content (AvgIpc) is 3.12. The van der Waals surface area contributed by atoms with Gasteiger partial charge in [-0.05, 0) is 0 Å². The molecule has 0 spiro atoms. The number of ether oxygens (including phenoxy) is 1. The maximum absolute atomic E-state index is 5.97. The molecule has 0 bridgehead atoms. The molecule has 4 rings (SSSR count). The van der Waals surface area contributed by atoms with Gasteiger partial charge in [-0.2, -0.15) is 0 Å². The molecule has 1 heterocycles. The Morgan fingerprint density at radius 3 is 2.82 bits per heavy atom. The van der Waals surface area contributed by atoms with Crippen molar-refractivity contribution in [1.29, 1.82) is 0 Å². The molecule has 0 fully saturated rings. The molecule has 0 radical (unpaired) electrons. The Kier molecular flexibility index (Phi) is 6.18. The zero-order valence-electron chi connectivity index (χ0n) is 11.4. The molecule has 1 nitrogen and oxygen atoms in total. The Morgan fingerprint density at radius 1 is 1.27 bits per heavy atom. The summed E-state index contributed by atoms with van der Waals surface area (Å²) in [5.74, 6) is 1.02. The number of alkyl halides is 1. The molecule has 1 aromatic rings. The first kappa shape index (κ1) is 18.5. The molecule has 6 heteroatoms. The number of benzene rings is 1. The van der Waals surface area contributed by atoms with Gasteiger partial charge in [-0.1, -0.05) is 0 Å². The van der Waals surface area contributed by atoms with Gasteiger partial charge in [0.15, 0.2) is 0 Å².